The summed E-state index contributed by atoms with van der Waals surface area (Å²) in [5.74, 6) is -0.224. The molecule has 1 unspecified atom stereocenters. The predicted molar refractivity (Wildman–Crippen MR) is 111 cm³/mol. The molecule has 7 heteroatoms. The standard InChI is InChI=1S/C22H29N3O4/c1-4-20(26)23-11-9-17(10-12-23)21(27)25-14-13-24(15-16(25)2)19-7-5-18(6-8-19)22(28)29-3/h4-8,16-17H,1,9-15H2,2-3H3. The Labute approximate surface area is 171 Å². The molecule has 2 amide bonds. The molecule has 2 heterocycles. The minimum atomic E-state index is -0.346. The van der Waals surface area contributed by atoms with Gasteiger partial charge in [-0.2, -0.15) is 0 Å². The van der Waals surface area contributed by atoms with Crippen molar-refractivity contribution in [2.45, 2.75) is 25.8 Å². The highest BCUT2D eigenvalue weighted by Crippen LogP contribution is 2.25. The maximum absolute atomic E-state index is 13.0. The third kappa shape index (κ3) is 4.60. The lowest BCUT2D eigenvalue weighted by Crippen LogP contribution is -2.56. The van der Waals surface area contributed by atoms with E-state index in [9.17, 15) is 14.4 Å². The van der Waals surface area contributed by atoms with Crippen LogP contribution in [-0.2, 0) is 14.3 Å². The molecule has 0 spiro atoms. The number of anilines is 1. The molecule has 29 heavy (non-hydrogen) atoms. The number of likely N-dealkylation sites (tertiary alicyclic amines) is 1. The molecule has 7 nitrogen and oxygen atoms in total. The molecule has 3 rings (SSSR count). The van der Waals surface area contributed by atoms with Gasteiger partial charge in [0, 0.05) is 50.4 Å². The molecule has 0 aromatic heterocycles. The first-order valence-electron chi connectivity index (χ1n) is 10.1. The number of benzene rings is 1. The summed E-state index contributed by atoms with van der Waals surface area (Å²) in [6.07, 6.45) is 2.75. The van der Waals surface area contributed by atoms with Crippen LogP contribution in [0.1, 0.15) is 30.1 Å². The normalized spacial score (nSPS) is 20.3. The fourth-order valence-electron chi connectivity index (χ4n) is 4.16. The second-order valence-corrected chi connectivity index (χ2v) is 7.67. The number of hydrogen-bond donors (Lipinski definition) is 0. The molecule has 0 N–H and O–H groups in total. The number of carbonyl (C=O) groups is 3. The van der Waals surface area contributed by atoms with Crippen LogP contribution in [0.25, 0.3) is 0 Å². The summed E-state index contributed by atoms with van der Waals surface area (Å²) in [6.45, 7) is 9.00. The van der Waals surface area contributed by atoms with E-state index in [1.165, 1.54) is 13.2 Å². The zero-order chi connectivity index (χ0) is 21.0. The van der Waals surface area contributed by atoms with Crippen molar-refractivity contribution in [2.75, 3.05) is 44.7 Å². The molecule has 1 aromatic rings. The van der Waals surface area contributed by atoms with Crippen molar-refractivity contribution in [1.29, 1.82) is 0 Å². The van der Waals surface area contributed by atoms with Crippen LogP contribution in [0.2, 0.25) is 0 Å². The van der Waals surface area contributed by atoms with Crippen LogP contribution in [0, 0.1) is 5.92 Å². The lowest BCUT2D eigenvalue weighted by Gasteiger charge is -2.43. The summed E-state index contributed by atoms with van der Waals surface area (Å²) < 4.78 is 4.74. The van der Waals surface area contributed by atoms with Gasteiger partial charge in [0.05, 0.1) is 12.7 Å². The number of nitrogens with zero attached hydrogens (tertiary/aromatic N) is 3. The molecule has 1 aromatic carbocycles. The van der Waals surface area contributed by atoms with E-state index in [4.69, 9.17) is 4.74 Å². The molecule has 0 bridgehead atoms. The molecule has 1 atom stereocenters. The molecular weight excluding hydrogens is 370 g/mol. The van der Waals surface area contributed by atoms with Gasteiger partial charge >= 0.3 is 5.97 Å². The summed E-state index contributed by atoms with van der Waals surface area (Å²) in [6, 6.07) is 7.47. The van der Waals surface area contributed by atoms with Crippen molar-refractivity contribution in [1.82, 2.24) is 9.80 Å². The minimum Gasteiger partial charge on any atom is -0.465 e. The van der Waals surface area contributed by atoms with Crippen molar-refractivity contribution < 1.29 is 19.1 Å². The smallest absolute Gasteiger partial charge is 0.337 e. The summed E-state index contributed by atoms with van der Waals surface area (Å²) in [5, 5.41) is 0. The van der Waals surface area contributed by atoms with Crippen molar-refractivity contribution >= 4 is 23.5 Å². The zero-order valence-corrected chi connectivity index (χ0v) is 17.2. The quantitative estimate of drug-likeness (QED) is 0.572. The average Bonchev–Trinajstić information content (AvgIpc) is 2.77. The van der Waals surface area contributed by atoms with Gasteiger partial charge in [-0.1, -0.05) is 6.58 Å². The second-order valence-electron chi connectivity index (χ2n) is 7.67. The molecule has 0 aliphatic carbocycles. The van der Waals surface area contributed by atoms with Gasteiger partial charge in [-0.05, 0) is 50.1 Å². The Morgan fingerprint density at radius 1 is 1.07 bits per heavy atom. The molecule has 2 fully saturated rings. The second kappa shape index (κ2) is 9.11. The van der Waals surface area contributed by atoms with Gasteiger partial charge in [0.1, 0.15) is 0 Å². The van der Waals surface area contributed by atoms with E-state index < -0.39 is 0 Å². The first-order valence-corrected chi connectivity index (χ1v) is 10.1. The van der Waals surface area contributed by atoms with Crippen molar-refractivity contribution in [2.24, 2.45) is 5.92 Å². The van der Waals surface area contributed by atoms with E-state index in [-0.39, 0.29) is 29.7 Å². The lowest BCUT2D eigenvalue weighted by molar-refractivity contribution is -0.141. The SMILES string of the molecule is C=CC(=O)N1CCC(C(=O)N2CCN(c3ccc(C(=O)OC)cc3)CC2C)CC1. The van der Waals surface area contributed by atoms with Crippen LogP contribution in [0.3, 0.4) is 0 Å². The first-order chi connectivity index (χ1) is 13.9. The van der Waals surface area contributed by atoms with Gasteiger partial charge < -0.3 is 19.4 Å². The number of piperidine rings is 1. The third-order valence-electron chi connectivity index (χ3n) is 5.89. The minimum absolute atomic E-state index is 0.0165. The Kier molecular flexibility index (Phi) is 6.56. The fourth-order valence-corrected chi connectivity index (χ4v) is 4.16. The highest BCUT2D eigenvalue weighted by molar-refractivity contribution is 5.89. The van der Waals surface area contributed by atoms with E-state index in [0.29, 0.717) is 38.0 Å². The topological polar surface area (TPSA) is 70.2 Å². The Morgan fingerprint density at radius 2 is 1.72 bits per heavy atom. The molecular formula is C22H29N3O4. The van der Waals surface area contributed by atoms with Crippen LogP contribution in [0.5, 0.6) is 0 Å². The number of rotatable bonds is 4. The van der Waals surface area contributed by atoms with Gasteiger partial charge in [-0.25, -0.2) is 4.79 Å². The largest absolute Gasteiger partial charge is 0.465 e. The number of amides is 2. The third-order valence-corrected chi connectivity index (χ3v) is 5.89. The molecule has 0 saturated carbocycles. The molecule has 2 saturated heterocycles. The van der Waals surface area contributed by atoms with Crippen LogP contribution in [-0.4, -0.2) is 73.5 Å². The van der Waals surface area contributed by atoms with Gasteiger partial charge in [0.2, 0.25) is 11.8 Å². The lowest BCUT2D eigenvalue weighted by atomic mass is 9.94. The van der Waals surface area contributed by atoms with E-state index in [2.05, 4.69) is 18.4 Å². The Morgan fingerprint density at radius 3 is 2.28 bits per heavy atom. The molecule has 156 valence electrons. The molecule has 2 aliphatic heterocycles. The zero-order valence-electron chi connectivity index (χ0n) is 17.2. The summed E-state index contributed by atoms with van der Waals surface area (Å²) >= 11 is 0. The van der Waals surface area contributed by atoms with Gasteiger partial charge in [-0.15, -0.1) is 0 Å². The monoisotopic (exact) mass is 399 g/mol. The maximum atomic E-state index is 13.0. The maximum Gasteiger partial charge on any atom is 0.337 e. The van der Waals surface area contributed by atoms with Gasteiger partial charge in [-0.3, -0.25) is 9.59 Å². The van der Waals surface area contributed by atoms with E-state index in [0.717, 1.165) is 18.8 Å². The predicted octanol–water partition coefficient (Wildman–Crippen LogP) is 1.93. The number of piperazine rings is 1. The Hall–Kier alpha value is -2.83. The van der Waals surface area contributed by atoms with Crippen LogP contribution in [0.15, 0.2) is 36.9 Å². The molecule has 2 aliphatic rings. The summed E-state index contributed by atoms with van der Waals surface area (Å²) in [7, 11) is 1.37. The van der Waals surface area contributed by atoms with Crippen LogP contribution >= 0.6 is 0 Å². The molecule has 0 radical (unpaired) electrons. The van der Waals surface area contributed by atoms with Crippen LogP contribution in [0.4, 0.5) is 5.69 Å². The van der Waals surface area contributed by atoms with E-state index >= 15 is 0 Å². The average molecular weight is 399 g/mol. The number of ether oxygens (including phenoxy) is 1. The summed E-state index contributed by atoms with van der Waals surface area (Å²) in [5.41, 5.74) is 1.56. The van der Waals surface area contributed by atoms with Crippen molar-refractivity contribution in [3.8, 4) is 0 Å². The van der Waals surface area contributed by atoms with E-state index in [1.807, 2.05) is 17.0 Å². The highest BCUT2D eigenvalue weighted by atomic mass is 16.5. The van der Waals surface area contributed by atoms with Gasteiger partial charge in [0.15, 0.2) is 0 Å². The van der Waals surface area contributed by atoms with Crippen molar-refractivity contribution in [3.63, 3.8) is 0 Å². The Bertz CT molecular complexity index is 769. The van der Waals surface area contributed by atoms with Gasteiger partial charge in [0.25, 0.3) is 0 Å². The number of methoxy groups -OCH3 is 1. The van der Waals surface area contributed by atoms with Crippen LogP contribution < -0.4 is 4.90 Å². The highest BCUT2D eigenvalue weighted by Gasteiger charge is 2.34. The number of esters is 1. The van der Waals surface area contributed by atoms with E-state index in [1.54, 1.807) is 17.0 Å². The Balaban J connectivity index is 1.56. The van der Waals surface area contributed by atoms with Crippen molar-refractivity contribution in [3.05, 3.63) is 42.5 Å². The first kappa shape index (κ1) is 20.9. The summed E-state index contributed by atoms with van der Waals surface area (Å²) in [4.78, 5) is 42.3. The number of hydrogen-bond acceptors (Lipinski definition) is 5. The number of carbonyl (C=O) groups excluding carboxylic acids is 3. The fraction of sp³-hybridized carbons (Fsp3) is 0.500.